The molecule has 0 bridgehead atoms. The Hall–Kier alpha value is -3.85. The van der Waals surface area contributed by atoms with Gasteiger partial charge in [-0.2, -0.15) is 9.15 Å². The van der Waals surface area contributed by atoms with Gasteiger partial charge in [0.15, 0.2) is 11.4 Å². The molecule has 0 atom stereocenters. The predicted molar refractivity (Wildman–Crippen MR) is 145 cm³/mol. The number of hydrogen-bond acceptors (Lipinski definition) is 1. The Morgan fingerprint density at radius 1 is 0.800 bits per heavy atom. The maximum absolute atomic E-state index is 11.3. The highest BCUT2D eigenvalue weighted by Gasteiger charge is 2.46. The summed E-state index contributed by atoms with van der Waals surface area (Å²) in [6.45, 7) is 13.5. The Bertz CT molecular complexity index is 1460. The number of carbonyl (C=O) groups is 1. The summed E-state index contributed by atoms with van der Waals surface area (Å²) in [6, 6.07) is 24.9. The third-order valence-electron chi connectivity index (χ3n) is 7.70. The molecule has 0 aliphatic carbocycles. The minimum atomic E-state index is -0.190. The summed E-state index contributed by atoms with van der Waals surface area (Å²) in [5.74, 6) is 0. The van der Waals surface area contributed by atoms with Crippen LogP contribution in [0, 0.1) is 0 Å². The first kappa shape index (κ1) is 22.9. The normalized spacial score (nSPS) is 19.2. The Balaban J connectivity index is 1.72. The van der Waals surface area contributed by atoms with Crippen LogP contribution in [-0.2, 0) is 10.8 Å². The van der Waals surface area contributed by atoms with Crippen LogP contribution in [0.5, 0.6) is 0 Å². The highest BCUT2D eigenvalue weighted by Crippen LogP contribution is 2.47. The van der Waals surface area contributed by atoms with Crippen molar-refractivity contribution >= 4 is 35.7 Å². The van der Waals surface area contributed by atoms with Gasteiger partial charge in [-0.25, -0.2) is 0 Å². The SMILES string of the molecule is C=[N+]1/C(=C\C(=C\C2=[N+](C)c3ccccc3C2(C)C)c2ccc(C=O)cc2)C(C)(C)c2ccccc21. The Morgan fingerprint density at radius 3 is 1.94 bits per heavy atom. The summed E-state index contributed by atoms with van der Waals surface area (Å²) in [4.78, 5) is 11.3. The van der Waals surface area contributed by atoms with Crippen molar-refractivity contribution in [2.75, 3.05) is 7.05 Å². The second-order valence-electron chi connectivity index (χ2n) is 10.5. The summed E-state index contributed by atoms with van der Waals surface area (Å²) in [7, 11) is 2.14. The molecular weight excluding hydrogens is 428 g/mol. The highest BCUT2D eigenvalue weighted by atomic mass is 16.1. The van der Waals surface area contributed by atoms with Crippen LogP contribution in [0.25, 0.3) is 5.57 Å². The van der Waals surface area contributed by atoms with E-state index in [1.165, 1.54) is 22.5 Å². The third kappa shape index (κ3) is 3.54. The first-order chi connectivity index (χ1) is 16.7. The van der Waals surface area contributed by atoms with Gasteiger partial charge in [0.25, 0.3) is 0 Å². The average Bonchev–Trinajstić information content (AvgIpc) is 3.18. The number of allylic oxidation sites excluding steroid dienone is 4. The van der Waals surface area contributed by atoms with Crippen molar-refractivity contribution in [2.45, 2.75) is 38.5 Å². The van der Waals surface area contributed by atoms with Gasteiger partial charge in [-0.3, -0.25) is 4.79 Å². The Kier molecular flexibility index (Phi) is 5.32. The molecule has 0 radical (unpaired) electrons. The Labute approximate surface area is 208 Å². The molecule has 2 aliphatic heterocycles. The molecule has 3 aromatic carbocycles. The number of benzene rings is 3. The van der Waals surface area contributed by atoms with Gasteiger partial charge in [0.05, 0.1) is 10.8 Å². The number of hydrogen-bond donors (Lipinski definition) is 0. The zero-order valence-electron chi connectivity index (χ0n) is 21.2. The smallest absolute Gasteiger partial charge is 0.214 e. The number of fused-ring (bicyclic) bond motifs is 2. The van der Waals surface area contributed by atoms with E-state index in [1.807, 2.05) is 24.3 Å². The summed E-state index contributed by atoms with van der Waals surface area (Å²) < 4.78 is 4.36. The maximum atomic E-state index is 11.3. The van der Waals surface area contributed by atoms with Gasteiger partial charge in [0.2, 0.25) is 11.4 Å². The van der Waals surface area contributed by atoms with Crippen LogP contribution in [-0.4, -0.2) is 34.9 Å². The monoisotopic (exact) mass is 460 g/mol. The van der Waals surface area contributed by atoms with Crippen molar-refractivity contribution in [1.29, 1.82) is 0 Å². The van der Waals surface area contributed by atoms with Gasteiger partial charge in [-0.1, -0.05) is 60.7 Å². The van der Waals surface area contributed by atoms with E-state index in [2.05, 4.69) is 111 Å². The molecule has 2 aliphatic rings. The van der Waals surface area contributed by atoms with E-state index in [-0.39, 0.29) is 10.8 Å². The predicted octanol–water partition coefficient (Wildman–Crippen LogP) is 6.81. The summed E-state index contributed by atoms with van der Waals surface area (Å²) >= 11 is 0. The first-order valence-corrected chi connectivity index (χ1v) is 12.1. The number of nitrogens with zero attached hydrogens (tertiary/aromatic N) is 2. The maximum Gasteiger partial charge on any atom is 0.214 e. The van der Waals surface area contributed by atoms with Crippen molar-refractivity contribution < 1.29 is 13.9 Å². The zero-order chi connectivity index (χ0) is 25.0. The van der Waals surface area contributed by atoms with Crippen LogP contribution in [0.1, 0.15) is 54.7 Å². The molecule has 5 rings (SSSR count). The third-order valence-corrected chi connectivity index (χ3v) is 7.70. The lowest BCUT2D eigenvalue weighted by Gasteiger charge is -2.18. The minimum absolute atomic E-state index is 0.143. The lowest BCUT2D eigenvalue weighted by Crippen LogP contribution is -2.27. The summed E-state index contributed by atoms with van der Waals surface area (Å²) in [5, 5.41) is 0. The summed E-state index contributed by atoms with van der Waals surface area (Å²) in [6.07, 6.45) is 5.46. The number of rotatable bonds is 4. The molecule has 35 heavy (non-hydrogen) atoms. The molecule has 0 fully saturated rings. The molecule has 0 aromatic heterocycles. The van der Waals surface area contributed by atoms with Crippen molar-refractivity contribution in [1.82, 2.24) is 0 Å². The standard InChI is InChI=1S/C32H32N2O/c1-31(2)25-11-7-9-13-27(25)33(5)29(31)19-24(23-17-15-22(21-35)16-18-23)20-30-32(3,4)26-12-8-10-14-28(26)34(30)6/h7-21H,5H2,1-4,6H3/q+2/b24-20-,29-19-. The first-order valence-electron chi connectivity index (χ1n) is 12.1. The van der Waals surface area contributed by atoms with E-state index in [9.17, 15) is 4.79 Å². The van der Waals surface area contributed by atoms with Gasteiger partial charge in [0.1, 0.15) is 20.1 Å². The molecule has 0 unspecified atom stereocenters. The molecule has 0 saturated heterocycles. The molecule has 0 saturated carbocycles. The van der Waals surface area contributed by atoms with E-state index in [0.29, 0.717) is 5.56 Å². The fourth-order valence-electron chi connectivity index (χ4n) is 5.62. The number of carbonyl (C=O) groups excluding carboxylic acids is 1. The van der Waals surface area contributed by atoms with Gasteiger partial charge in [-0.05, 0) is 38.8 Å². The topological polar surface area (TPSA) is 23.1 Å². The second kappa shape index (κ2) is 8.13. The molecule has 0 spiro atoms. The van der Waals surface area contributed by atoms with E-state index >= 15 is 0 Å². The van der Waals surface area contributed by atoms with Gasteiger partial charge < -0.3 is 0 Å². The van der Waals surface area contributed by atoms with E-state index < -0.39 is 0 Å². The number of aldehydes is 1. The van der Waals surface area contributed by atoms with Gasteiger partial charge in [-0.15, -0.1) is 0 Å². The fraction of sp³-hybridized carbons (Fsp3) is 0.219. The van der Waals surface area contributed by atoms with Gasteiger partial charge >= 0.3 is 0 Å². The largest absolute Gasteiger partial charge is 0.298 e. The second-order valence-corrected chi connectivity index (χ2v) is 10.5. The molecule has 0 N–H and O–H groups in total. The molecule has 174 valence electrons. The molecule has 0 amide bonds. The van der Waals surface area contributed by atoms with Crippen LogP contribution in [0.15, 0.2) is 90.6 Å². The zero-order valence-corrected chi connectivity index (χ0v) is 21.2. The minimum Gasteiger partial charge on any atom is -0.298 e. The quantitative estimate of drug-likeness (QED) is 0.310. The molecule has 3 nitrogen and oxygen atoms in total. The van der Waals surface area contributed by atoms with E-state index in [1.54, 1.807) is 0 Å². The van der Waals surface area contributed by atoms with E-state index in [4.69, 9.17) is 0 Å². The van der Waals surface area contributed by atoms with Crippen molar-refractivity contribution in [2.24, 2.45) is 0 Å². The summed E-state index contributed by atoms with van der Waals surface area (Å²) in [5.41, 5.74) is 9.84. The van der Waals surface area contributed by atoms with Crippen molar-refractivity contribution in [3.63, 3.8) is 0 Å². The molecule has 2 heterocycles. The van der Waals surface area contributed by atoms with Crippen LogP contribution in [0.4, 0.5) is 11.4 Å². The highest BCUT2D eigenvalue weighted by molar-refractivity contribution is 6.08. The fourth-order valence-corrected chi connectivity index (χ4v) is 5.62. The lowest BCUT2D eigenvalue weighted by atomic mass is 9.80. The number of para-hydroxylation sites is 2. The average molecular weight is 461 g/mol. The Morgan fingerprint density at radius 2 is 1.37 bits per heavy atom. The van der Waals surface area contributed by atoms with Crippen molar-refractivity contribution in [3.05, 3.63) is 113 Å². The van der Waals surface area contributed by atoms with Crippen LogP contribution in [0.3, 0.4) is 0 Å². The van der Waals surface area contributed by atoms with Crippen LogP contribution in [0.2, 0.25) is 0 Å². The van der Waals surface area contributed by atoms with Crippen LogP contribution >= 0.6 is 0 Å². The van der Waals surface area contributed by atoms with Gasteiger partial charge in [0, 0.05) is 41.0 Å². The lowest BCUT2D eigenvalue weighted by molar-refractivity contribution is -0.401. The van der Waals surface area contributed by atoms with Crippen molar-refractivity contribution in [3.8, 4) is 0 Å². The molecular formula is C32H32N2O+2. The molecule has 3 heteroatoms. The van der Waals surface area contributed by atoms with Crippen LogP contribution < -0.4 is 0 Å². The van der Waals surface area contributed by atoms with E-state index in [0.717, 1.165) is 28.8 Å². The molecule has 3 aromatic rings.